The third-order valence-electron chi connectivity index (χ3n) is 11.1. The van der Waals surface area contributed by atoms with Crippen LogP contribution in [0.3, 0.4) is 0 Å². The quantitative estimate of drug-likeness (QED) is 0.0193. The summed E-state index contributed by atoms with van der Waals surface area (Å²) in [4.78, 5) is 204. The largest absolute Gasteiger partial charge is 0.481 e. The average Bonchev–Trinajstić information content (AvgIpc) is 3.36. The maximum atomic E-state index is 14.1. The molecule has 1 saturated heterocycles. The van der Waals surface area contributed by atoms with E-state index in [-0.39, 0.29) is 25.8 Å². The predicted molar refractivity (Wildman–Crippen MR) is 267 cm³/mol. The molecule has 2 rings (SSSR count). The van der Waals surface area contributed by atoms with Crippen LogP contribution in [0.5, 0.6) is 0 Å². The second-order valence-corrected chi connectivity index (χ2v) is 17.7. The van der Waals surface area contributed by atoms with Crippen molar-refractivity contribution in [3.05, 3.63) is 35.9 Å². The van der Waals surface area contributed by atoms with Crippen molar-refractivity contribution in [1.29, 1.82) is 5.41 Å². The van der Waals surface area contributed by atoms with Gasteiger partial charge in [-0.05, 0) is 24.8 Å². The minimum absolute atomic E-state index is 0.0108. The van der Waals surface area contributed by atoms with Crippen molar-refractivity contribution in [2.75, 3.05) is 19.6 Å². The SMILES string of the molecule is N=C(N)NCCCC1NC(=O)C(CCNC(=O)[C@H](CC(=O)O)NC(=O)[C@H](CC(=O)O)NC(=O)[C@H](CC(=O)O)NC(=O)[C@H](CC(=O)O)NC(=O)[C@@H](N)CC(=O)O)NC(=O)[C@@H](Cc2ccccc2)NC(=O)[C@H](CC(=O)O)NC(=O)CNC1=O. The van der Waals surface area contributed by atoms with Crippen LogP contribution in [0.4, 0.5) is 0 Å². The van der Waals surface area contributed by atoms with Gasteiger partial charge in [-0.25, -0.2) is 0 Å². The molecule has 1 fully saturated rings. The number of hydrogen-bond acceptors (Lipinski definition) is 18. The van der Waals surface area contributed by atoms with Gasteiger partial charge < -0.3 is 101 Å². The third-order valence-corrected chi connectivity index (χ3v) is 11.1. The van der Waals surface area contributed by atoms with Crippen LogP contribution >= 0.6 is 0 Å². The standard InChI is InChI=1S/C45H62N14O22/c46-20(12-30(61)62)36(73)55-26(15-33(67)68)42(79)58-28(17-35(71)72)44(81)59-27(16-34(69)70)43(80)57-24(13-31(63)64)38(75)49-10-8-22-39(76)53-21(7-4-9-50-45(47)48)37(74)51-18-29(60)52-25(14-32(65)66)41(78)56-23(40(77)54-22)11-19-5-2-1-3-6-19/h1-3,5-6,20-28H,4,7-18,46H2,(H,49,75)(H,51,74)(H,52,60)(H,53,76)(H,54,77)(H,55,73)(H,56,78)(H,57,80)(H,58,79)(H,59,81)(H,61,62)(H,63,64)(H,65,66)(H,67,68)(H,69,70)(H,71,72)(H4,47,48,50)/t20-,21?,22?,23+,24-,25-,26-,27-,28-/m0/s1. The summed E-state index contributed by atoms with van der Waals surface area (Å²) in [5.41, 5.74) is 11.2. The van der Waals surface area contributed by atoms with E-state index in [1.165, 1.54) is 0 Å². The van der Waals surface area contributed by atoms with Crippen LogP contribution in [-0.2, 0) is 83.1 Å². The smallest absolute Gasteiger partial charge is 0.305 e. The Morgan fingerprint density at radius 3 is 1.38 bits per heavy atom. The second-order valence-electron chi connectivity index (χ2n) is 17.7. The molecule has 0 bridgehead atoms. The zero-order valence-electron chi connectivity index (χ0n) is 42.6. The Bertz CT molecular complexity index is 2570. The van der Waals surface area contributed by atoms with Crippen molar-refractivity contribution in [1.82, 2.24) is 58.5 Å². The maximum Gasteiger partial charge on any atom is 0.305 e. The van der Waals surface area contributed by atoms with E-state index in [1.807, 2.05) is 21.3 Å². The first kappa shape index (κ1) is 67.1. The van der Waals surface area contributed by atoms with Crippen LogP contribution in [0.25, 0.3) is 0 Å². The summed E-state index contributed by atoms with van der Waals surface area (Å²) in [5, 5.41) is 87.7. The highest BCUT2D eigenvalue weighted by atomic mass is 16.4. The summed E-state index contributed by atoms with van der Waals surface area (Å²) in [5.74, 6) is -23.8. The first-order valence-electron chi connectivity index (χ1n) is 24.1. The summed E-state index contributed by atoms with van der Waals surface area (Å²) in [6.07, 6.45) is -8.36. The van der Waals surface area contributed by atoms with Gasteiger partial charge in [-0.15, -0.1) is 0 Å². The molecule has 0 radical (unpaired) electrons. The zero-order valence-corrected chi connectivity index (χ0v) is 42.6. The van der Waals surface area contributed by atoms with E-state index < -0.39 is 213 Å². The van der Waals surface area contributed by atoms with E-state index in [2.05, 4.69) is 37.2 Å². The van der Waals surface area contributed by atoms with Crippen molar-refractivity contribution in [2.45, 2.75) is 119 Å². The van der Waals surface area contributed by atoms with Crippen molar-refractivity contribution < 1.29 is 107 Å². The van der Waals surface area contributed by atoms with Crippen LogP contribution in [0.1, 0.15) is 63.4 Å². The number of rotatable bonds is 30. The Balaban J connectivity index is 2.50. The van der Waals surface area contributed by atoms with Crippen molar-refractivity contribution in [3.63, 3.8) is 0 Å². The summed E-state index contributed by atoms with van der Waals surface area (Å²) in [6.45, 7) is -1.57. The highest BCUT2D eigenvalue weighted by Gasteiger charge is 2.37. The zero-order chi connectivity index (χ0) is 61.1. The number of carboxylic acid groups (broad SMARTS) is 6. The Morgan fingerprint density at radius 1 is 0.506 bits per heavy atom. The summed E-state index contributed by atoms with van der Waals surface area (Å²) in [6, 6.07) is -9.60. The monoisotopic (exact) mass is 1150 g/mol. The molecule has 0 spiro atoms. The van der Waals surface area contributed by atoms with Gasteiger partial charge in [0.1, 0.15) is 48.3 Å². The summed E-state index contributed by atoms with van der Waals surface area (Å²) in [7, 11) is 0. The molecule has 36 nitrogen and oxygen atoms in total. The van der Waals surface area contributed by atoms with Gasteiger partial charge in [0.05, 0.1) is 51.1 Å². The molecule has 81 heavy (non-hydrogen) atoms. The fourth-order valence-corrected chi connectivity index (χ4v) is 7.24. The molecule has 10 amide bonds. The second kappa shape index (κ2) is 33.3. The number of carbonyl (C=O) groups is 16. The molecular weight excluding hydrogens is 1090 g/mol. The first-order valence-corrected chi connectivity index (χ1v) is 24.1. The van der Waals surface area contributed by atoms with Gasteiger partial charge in [-0.1, -0.05) is 30.3 Å². The van der Waals surface area contributed by atoms with E-state index in [1.54, 1.807) is 30.3 Å². The lowest BCUT2D eigenvalue weighted by molar-refractivity contribution is -0.145. The van der Waals surface area contributed by atoms with E-state index >= 15 is 0 Å². The highest BCUT2D eigenvalue weighted by molar-refractivity contribution is 6.01. The number of guanidine groups is 1. The van der Waals surface area contributed by atoms with Gasteiger partial charge in [-0.3, -0.25) is 82.1 Å². The molecule has 9 atom stereocenters. The Hall–Kier alpha value is -10.0. The van der Waals surface area contributed by atoms with E-state index in [0.717, 1.165) is 0 Å². The van der Waals surface area contributed by atoms with Crippen molar-refractivity contribution in [2.24, 2.45) is 11.5 Å². The third kappa shape index (κ3) is 25.8. The molecule has 1 aliphatic rings. The van der Waals surface area contributed by atoms with E-state index in [4.69, 9.17) is 22.0 Å². The lowest BCUT2D eigenvalue weighted by Crippen LogP contribution is -2.60. The highest BCUT2D eigenvalue weighted by Crippen LogP contribution is 2.09. The van der Waals surface area contributed by atoms with Crippen molar-refractivity contribution in [3.8, 4) is 0 Å². The molecule has 0 aliphatic carbocycles. The molecule has 444 valence electrons. The number of nitrogens with two attached hydrogens (primary N) is 2. The molecule has 1 heterocycles. The Kier molecular flexibility index (Phi) is 27.6. The number of benzene rings is 1. The van der Waals surface area contributed by atoms with Crippen LogP contribution in [0.2, 0.25) is 0 Å². The number of carboxylic acids is 6. The van der Waals surface area contributed by atoms with Gasteiger partial charge in [0.2, 0.25) is 59.1 Å². The van der Waals surface area contributed by atoms with Gasteiger partial charge in [0.15, 0.2) is 5.96 Å². The molecule has 1 aliphatic heterocycles. The normalized spacial score (nSPS) is 18.6. The molecule has 1 aromatic carbocycles. The van der Waals surface area contributed by atoms with Gasteiger partial charge >= 0.3 is 35.8 Å². The molecule has 36 heteroatoms. The number of aliphatic carboxylic acids is 6. The minimum Gasteiger partial charge on any atom is -0.481 e. The molecule has 0 saturated carbocycles. The molecule has 22 N–H and O–H groups in total. The number of hydrogen-bond donors (Lipinski definition) is 20. The summed E-state index contributed by atoms with van der Waals surface area (Å²) >= 11 is 0. The van der Waals surface area contributed by atoms with Crippen LogP contribution in [0, 0.1) is 5.41 Å². The Labute approximate surface area is 456 Å². The van der Waals surface area contributed by atoms with Crippen LogP contribution < -0.4 is 70.0 Å². The van der Waals surface area contributed by atoms with Crippen LogP contribution in [-0.4, -0.2) is 205 Å². The van der Waals surface area contributed by atoms with Crippen LogP contribution in [0.15, 0.2) is 30.3 Å². The fourth-order valence-electron chi connectivity index (χ4n) is 7.24. The molecule has 0 aromatic heterocycles. The van der Waals surface area contributed by atoms with Gasteiger partial charge in [-0.2, -0.15) is 0 Å². The summed E-state index contributed by atoms with van der Waals surface area (Å²) < 4.78 is 0. The Morgan fingerprint density at radius 2 is 0.926 bits per heavy atom. The van der Waals surface area contributed by atoms with E-state index in [0.29, 0.717) is 5.56 Å². The first-order chi connectivity index (χ1) is 37.9. The fraction of sp³-hybridized carbons (Fsp3) is 0.489. The predicted octanol–water partition coefficient (Wildman–Crippen LogP) is -8.82. The average molecular weight is 1150 g/mol. The maximum absolute atomic E-state index is 14.1. The number of nitrogens with one attached hydrogen (secondary N) is 12. The van der Waals surface area contributed by atoms with E-state index in [9.17, 15) is 102 Å². The molecular formula is C45H62N14O22. The molecule has 1 aromatic rings. The minimum atomic E-state index is -2.32. The van der Waals surface area contributed by atoms with Gasteiger partial charge in [0, 0.05) is 19.5 Å². The number of carbonyl (C=O) groups excluding carboxylic acids is 10. The number of amides is 10. The molecule has 2 unspecified atom stereocenters. The van der Waals surface area contributed by atoms with Gasteiger partial charge in [0.25, 0.3) is 0 Å². The lowest BCUT2D eigenvalue weighted by Gasteiger charge is -2.26. The lowest BCUT2D eigenvalue weighted by atomic mass is 10.0. The topological polar surface area (TPSA) is 603 Å². The van der Waals surface area contributed by atoms with Crippen molar-refractivity contribution >= 4 is 101 Å².